The Bertz CT molecular complexity index is 775. The fourth-order valence-electron chi connectivity index (χ4n) is 2.19. The van der Waals surface area contributed by atoms with E-state index in [2.05, 4.69) is 10.3 Å². The highest BCUT2D eigenvalue weighted by atomic mass is 32.1. The van der Waals surface area contributed by atoms with Crippen LogP contribution in [0, 0.1) is 0 Å². The third-order valence-corrected chi connectivity index (χ3v) is 4.30. The molecule has 0 bridgehead atoms. The monoisotopic (exact) mass is 314 g/mol. The second-order valence-electron chi connectivity index (χ2n) is 5.52. The van der Waals surface area contributed by atoms with Gasteiger partial charge in [0.15, 0.2) is 11.5 Å². The molecule has 5 heteroatoms. The molecule has 0 saturated carbocycles. The molecule has 0 atom stereocenters. The zero-order chi connectivity index (χ0) is 15.5. The molecule has 0 fully saturated rings. The highest BCUT2D eigenvalue weighted by molar-refractivity contribution is 7.09. The van der Waals surface area contributed by atoms with Gasteiger partial charge in [0.25, 0.3) is 0 Å². The minimum Gasteiger partial charge on any atom is -0.440 e. The van der Waals surface area contributed by atoms with Crippen LogP contribution < -0.4 is 5.32 Å². The molecule has 2 heterocycles. The van der Waals surface area contributed by atoms with Gasteiger partial charge >= 0.3 is 0 Å². The van der Waals surface area contributed by atoms with Gasteiger partial charge < -0.3 is 9.73 Å². The quantitative estimate of drug-likeness (QED) is 0.749. The van der Waals surface area contributed by atoms with Crippen molar-refractivity contribution in [3.05, 3.63) is 46.5 Å². The average molecular weight is 314 g/mol. The number of nitrogens with zero attached hydrogens (tertiary/aromatic N) is 1. The average Bonchev–Trinajstić information content (AvgIpc) is 3.14. The third kappa shape index (κ3) is 3.36. The Morgan fingerprint density at radius 1 is 1.36 bits per heavy atom. The molecule has 0 saturated heterocycles. The summed E-state index contributed by atoms with van der Waals surface area (Å²) < 4.78 is 5.66. The summed E-state index contributed by atoms with van der Waals surface area (Å²) in [4.78, 5) is 17.7. The molecule has 2 aromatic heterocycles. The summed E-state index contributed by atoms with van der Waals surface area (Å²) in [7, 11) is 0. The van der Waals surface area contributed by atoms with Crippen LogP contribution in [-0.4, -0.2) is 10.9 Å². The van der Waals surface area contributed by atoms with Crippen molar-refractivity contribution in [1.29, 1.82) is 0 Å². The van der Waals surface area contributed by atoms with Gasteiger partial charge in [0.1, 0.15) is 5.52 Å². The number of carbonyl (C=O) groups is 1. The summed E-state index contributed by atoms with van der Waals surface area (Å²) in [6.07, 6.45) is 1.25. The second kappa shape index (κ2) is 6.32. The van der Waals surface area contributed by atoms with Gasteiger partial charge in [-0.2, -0.15) is 0 Å². The minimum atomic E-state index is 0.0142. The second-order valence-corrected chi connectivity index (χ2v) is 6.55. The van der Waals surface area contributed by atoms with Gasteiger partial charge in [0.05, 0.1) is 0 Å². The summed E-state index contributed by atoms with van der Waals surface area (Å²) in [5.74, 6) is 0.979. The van der Waals surface area contributed by atoms with Crippen LogP contribution in [0.25, 0.3) is 11.1 Å². The van der Waals surface area contributed by atoms with Crippen LogP contribution >= 0.6 is 11.3 Å². The maximum absolute atomic E-state index is 12.0. The SMILES string of the molecule is CC(C)c1nc2cc(NC(=O)CCc3cccs3)ccc2o1. The number of rotatable bonds is 5. The minimum absolute atomic E-state index is 0.0142. The van der Waals surface area contributed by atoms with E-state index in [0.717, 1.165) is 29.1 Å². The normalized spacial score (nSPS) is 11.2. The standard InChI is InChI=1S/C17H18N2O2S/c1-11(2)17-19-14-10-12(5-7-15(14)21-17)18-16(20)8-6-13-4-3-9-22-13/h3-5,7,9-11H,6,8H2,1-2H3,(H,18,20). The molecule has 114 valence electrons. The van der Waals surface area contributed by atoms with Crippen molar-refractivity contribution in [1.82, 2.24) is 4.98 Å². The van der Waals surface area contributed by atoms with Crippen molar-refractivity contribution >= 4 is 34.0 Å². The molecular formula is C17H18N2O2S. The first-order valence-corrected chi connectivity index (χ1v) is 8.22. The Kier molecular flexibility index (Phi) is 4.24. The summed E-state index contributed by atoms with van der Waals surface area (Å²) in [6, 6.07) is 9.60. The molecule has 0 unspecified atom stereocenters. The number of carbonyl (C=O) groups excluding carboxylic acids is 1. The number of oxazole rings is 1. The molecule has 0 spiro atoms. The molecule has 0 aliphatic carbocycles. The zero-order valence-corrected chi connectivity index (χ0v) is 13.4. The van der Waals surface area contributed by atoms with E-state index in [1.807, 2.05) is 49.6 Å². The van der Waals surface area contributed by atoms with Gasteiger partial charge in [0.2, 0.25) is 5.91 Å². The lowest BCUT2D eigenvalue weighted by molar-refractivity contribution is -0.116. The third-order valence-electron chi connectivity index (χ3n) is 3.36. The molecule has 1 amide bonds. The predicted octanol–water partition coefficient (Wildman–Crippen LogP) is 4.58. The van der Waals surface area contributed by atoms with E-state index in [4.69, 9.17) is 4.42 Å². The summed E-state index contributed by atoms with van der Waals surface area (Å²) in [5, 5.41) is 4.94. The number of aromatic nitrogens is 1. The highest BCUT2D eigenvalue weighted by Crippen LogP contribution is 2.24. The van der Waals surface area contributed by atoms with E-state index in [-0.39, 0.29) is 11.8 Å². The first-order valence-electron chi connectivity index (χ1n) is 7.34. The van der Waals surface area contributed by atoms with Crippen LogP contribution in [0.2, 0.25) is 0 Å². The summed E-state index contributed by atoms with van der Waals surface area (Å²) >= 11 is 1.68. The number of thiophene rings is 1. The van der Waals surface area contributed by atoms with Crippen molar-refractivity contribution in [2.45, 2.75) is 32.6 Å². The first-order chi connectivity index (χ1) is 10.6. The Morgan fingerprint density at radius 3 is 2.95 bits per heavy atom. The van der Waals surface area contributed by atoms with Crippen LogP contribution in [0.1, 0.15) is 37.0 Å². The summed E-state index contributed by atoms with van der Waals surface area (Å²) in [5.41, 5.74) is 2.28. The highest BCUT2D eigenvalue weighted by Gasteiger charge is 2.10. The van der Waals surface area contributed by atoms with Crippen LogP contribution in [0.15, 0.2) is 40.1 Å². The van der Waals surface area contributed by atoms with Gasteiger partial charge in [-0.15, -0.1) is 11.3 Å². The fourth-order valence-corrected chi connectivity index (χ4v) is 2.89. The van der Waals surface area contributed by atoms with Crippen molar-refractivity contribution in [3.63, 3.8) is 0 Å². The number of fused-ring (bicyclic) bond motifs is 1. The number of aryl methyl sites for hydroxylation is 1. The largest absolute Gasteiger partial charge is 0.440 e. The van der Waals surface area contributed by atoms with Crippen molar-refractivity contribution in [2.75, 3.05) is 5.32 Å². The maximum Gasteiger partial charge on any atom is 0.224 e. The molecular weight excluding hydrogens is 296 g/mol. The molecule has 0 aliphatic heterocycles. The van der Waals surface area contributed by atoms with Crippen LogP contribution in [0.4, 0.5) is 5.69 Å². The fraction of sp³-hybridized carbons (Fsp3) is 0.294. The molecule has 1 N–H and O–H groups in total. The van der Waals surface area contributed by atoms with Crippen molar-refractivity contribution < 1.29 is 9.21 Å². The van der Waals surface area contributed by atoms with Crippen molar-refractivity contribution in [3.8, 4) is 0 Å². The molecule has 1 aromatic carbocycles. The zero-order valence-electron chi connectivity index (χ0n) is 12.6. The van der Waals surface area contributed by atoms with Gasteiger partial charge in [-0.3, -0.25) is 4.79 Å². The number of nitrogens with one attached hydrogen (secondary N) is 1. The van der Waals surface area contributed by atoms with Gasteiger partial charge in [-0.05, 0) is 36.1 Å². The number of amides is 1. The van der Waals surface area contributed by atoms with Gasteiger partial charge in [0, 0.05) is 22.9 Å². The number of hydrogen-bond acceptors (Lipinski definition) is 4. The molecule has 22 heavy (non-hydrogen) atoms. The van der Waals surface area contributed by atoms with Crippen LogP contribution in [-0.2, 0) is 11.2 Å². The molecule has 0 radical (unpaired) electrons. The Morgan fingerprint density at radius 2 is 2.23 bits per heavy atom. The molecule has 3 rings (SSSR count). The lowest BCUT2D eigenvalue weighted by atomic mass is 10.2. The van der Waals surface area contributed by atoms with Crippen molar-refractivity contribution in [2.24, 2.45) is 0 Å². The van der Waals surface area contributed by atoms with E-state index in [1.54, 1.807) is 11.3 Å². The topological polar surface area (TPSA) is 55.1 Å². The van der Waals surface area contributed by atoms with Crippen LogP contribution in [0.3, 0.4) is 0 Å². The van der Waals surface area contributed by atoms with Gasteiger partial charge in [-0.1, -0.05) is 19.9 Å². The Balaban J connectivity index is 1.66. The number of benzene rings is 1. The molecule has 4 nitrogen and oxygen atoms in total. The van der Waals surface area contributed by atoms with E-state index in [1.165, 1.54) is 4.88 Å². The molecule has 3 aromatic rings. The van der Waals surface area contributed by atoms with Gasteiger partial charge in [-0.25, -0.2) is 4.98 Å². The first kappa shape index (κ1) is 14.8. The molecule has 0 aliphatic rings. The van der Waals surface area contributed by atoms with E-state index >= 15 is 0 Å². The van der Waals surface area contributed by atoms with E-state index in [9.17, 15) is 4.79 Å². The lowest BCUT2D eigenvalue weighted by Crippen LogP contribution is -2.11. The lowest BCUT2D eigenvalue weighted by Gasteiger charge is -2.04. The summed E-state index contributed by atoms with van der Waals surface area (Å²) in [6.45, 7) is 4.08. The van der Waals surface area contributed by atoms with Crippen LogP contribution in [0.5, 0.6) is 0 Å². The van der Waals surface area contributed by atoms with E-state index < -0.39 is 0 Å². The number of hydrogen-bond donors (Lipinski definition) is 1. The predicted molar refractivity (Wildman–Crippen MR) is 89.4 cm³/mol. The Labute approximate surface area is 133 Å². The smallest absolute Gasteiger partial charge is 0.224 e. The number of anilines is 1. The Hall–Kier alpha value is -2.14. The van der Waals surface area contributed by atoms with E-state index in [0.29, 0.717) is 6.42 Å². The maximum atomic E-state index is 12.0.